The van der Waals surface area contributed by atoms with Crippen molar-refractivity contribution in [2.45, 2.75) is 46.2 Å². The molecule has 0 fully saturated rings. The van der Waals surface area contributed by atoms with Crippen LogP contribution in [0, 0.1) is 0 Å². The van der Waals surface area contributed by atoms with E-state index in [0.717, 1.165) is 17.7 Å². The van der Waals surface area contributed by atoms with E-state index in [1.54, 1.807) is 6.26 Å². The van der Waals surface area contributed by atoms with E-state index in [4.69, 9.17) is 8.83 Å². The van der Waals surface area contributed by atoms with Crippen LogP contribution in [0.4, 0.5) is 0 Å². The molecule has 0 bridgehead atoms. The third kappa shape index (κ3) is 2.98. The molecule has 0 aliphatic carbocycles. The van der Waals surface area contributed by atoms with E-state index in [-0.39, 0.29) is 5.54 Å². The number of furan rings is 1. The fraction of sp³-hybridized carbons (Fsp3) is 0.538. The highest BCUT2D eigenvalue weighted by Gasteiger charge is 2.16. The number of nitrogens with zero attached hydrogens (tertiary/aromatic N) is 2. The molecule has 0 aliphatic rings. The maximum Gasteiger partial charge on any atom is 0.251 e. The normalized spacial score (nSPS) is 12.0. The summed E-state index contributed by atoms with van der Waals surface area (Å²) in [7, 11) is 0. The summed E-state index contributed by atoms with van der Waals surface area (Å²) in [6.45, 7) is 8.87. The molecule has 0 aromatic carbocycles. The molecule has 2 rings (SSSR count). The van der Waals surface area contributed by atoms with Gasteiger partial charge in [-0.3, -0.25) is 0 Å². The molecule has 0 radical (unpaired) electrons. The minimum Gasteiger partial charge on any atom is -0.469 e. The number of hydrogen-bond acceptors (Lipinski definition) is 5. The zero-order valence-electron chi connectivity index (χ0n) is 11.3. The molecule has 0 spiro atoms. The van der Waals surface area contributed by atoms with Gasteiger partial charge >= 0.3 is 0 Å². The first kappa shape index (κ1) is 12.8. The molecule has 2 heterocycles. The summed E-state index contributed by atoms with van der Waals surface area (Å²) >= 11 is 0. The summed E-state index contributed by atoms with van der Waals surface area (Å²) in [6, 6.07) is 1.85. The summed E-state index contributed by atoms with van der Waals surface area (Å²) in [4.78, 5) is 0. The van der Waals surface area contributed by atoms with E-state index in [2.05, 4.69) is 36.3 Å². The van der Waals surface area contributed by atoms with Crippen molar-refractivity contribution in [1.82, 2.24) is 15.5 Å². The summed E-state index contributed by atoms with van der Waals surface area (Å²) in [5.41, 5.74) is 0.908. The van der Waals surface area contributed by atoms with Crippen molar-refractivity contribution < 1.29 is 8.83 Å². The second-order valence-corrected chi connectivity index (χ2v) is 5.22. The lowest BCUT2D eigenvalue weighted by Crippen LogP contribution is -2.35. The SMILES string of the molecule is CCc1occc1-c1nnc(CNC(C)(C)C)o1. The molecule has 2 aromatic rings. The van der Waals surface area contributed by atoms with Gasteiger partial charge in [0.15, 0.2) is 0 Å². The molecule has 18 heavy (non-hydrogen) atoms. The van der Waals surface area contributed by atoms with Gasteiger partial charge in [-0.2, -0.15) is 0 Å². The predicted octanol–water partition coefficient (Wildman–Crippen LogP) is 2.78. The maximum absolute atomic E-state index is 5.62. The molecular formula is C13H19N3O2. The number of nitrogens with one attached hydrogen (secondary N) is 1. The fourth-order valence-electron chi connectivity index (χ4n) is 1.58. The van der Waals surface area contributed by atoms with Crippen molar-refractivity contribution in [1.29, 1.82) is 0 Å². The van der Waals surface area contributed by atoms with Gasteiger partial charge < -0.3 is 14.2 Å². The molecule has 0 amide bonds. The highest BCUT2D eigenvalue weighted by molar-refractivity contribution is 5.54. The Kier molecular flexibility index (Phi) is 3.52. The first-order valence-electron chi connectivity index (χ1n) is 6.14. The summed E-state index contributed by atoms with van der Waals surface area (Å²) in [6.07, 6.45) is 2.45. The third-order valence-corrected chi connectivity index (χ3v) is 2.53. The molecular weight excluding hydrogens is 230 g/mol. The molecule has 98 valence electrons. The standard InChI is InChI=1S/C13H19N3O2/c1-5-10-9(6-7-17-10)12-16-15-11(18-12)8-14-13(2,3)4/h6-7,14H,5,8H2,1-4H3. The Morgan fingerprint density at radius 3 is 2.72 bits per heavy atom. The zero-order valence-corrected chi connectivity index (χ0v) is 11.3. The van der Waals surface area contributed by atoms with E-state index < -0.39 is 0 Å². The molecule has 0 atom stereocenters. The topological polar surface area (TPSA) is 64.1 Å². The van der Waals surface area contributed by atoms with Crippen LogP contribution >= 0.6 is 0 Å². The molecule has 0 saturated carbocycles. The first-order chi connectivity index (χ1) is 8.49. The molecule has 0 unspecified atom stereocenters. The van der Waals surface area contributed by atoms with Gasteiger partial charge in [-0.1, -0.05) is 6.92 Å². The van der Waals surface area contributed by atoms with E-state index in [9.17, 15) is 0 Å². The van der Waals surface area contributed by atoms with Crippen LogP contribution in [0.2, 0.25) is 0 Å². The van der Waals surface area contributed by atoms with E-state index in [0.29, 0.717) is 18.3 Å². The average molecular weight is 249 g/mol. The van der Waals surface area contributed by atoms with Gasteiger partial charge in [0.2, 0.25) is 5.89 Å². The lowest BCUT2D eigenvalue weighted by molar-refractivity contribution is 0.383. The van der Waals surface area contributed by atoms with Crippen molar-refractivity contribution in [2.24, 2.45) is 0 Å². The van der Waals surface area contributed by atoms with E-state index in [1.165, 1.54) is 0 Å². The summed E-state index contributed by atoms with van der Waals surface area (Å²) < 4.78 is 11.0. The maximum atomic E-state index is 5.62. The van der Waals surface area contributed by atoms with Crippen molar-refractivity contribution in [2.75, 3.05) is 0 Å². The van der Waals surface area contributed by atoms with Crippen LogP contribution < -0.4 is 5.32 Å². The molecule has 5 nitrogen and oxygen atoms in total. The van der Waals surface area contributed by atoms with Crippen LogP contribution in [0.3, 0.4) is 0 Å². The van der Waals surface area contributed by atoms with Crippen molar-refractivity contribution >= 4 is 0 Å². The van der Waals surface area contributed by atoms with Gasteiger partial charge in [-0.05, 0) is 26.8 Å². The second-order valence-electron chi connectivity index (χ2n) is 5.22. The smallest absolute Gasteiger partial charge is 0.251 e. The van der Waals surface area contributed by atoms with Crippen LogP contribution in [-0.2, 0) is 13.0 Å². The Hall–Kier alpha value is -1.62. The van der Waals surface area contributed by atoms with Crippen LogP contribution in [0.5, 0.6) is 0 Å². The van der Waals surface area contributed by atoms with Crippen molar-refractivity contribution in [3.05, 3.63) is 24.0 Å². The predicted molar refractivity (Wildman–Crippen MR) is 68.0 cm³/mol. The van der Waals surface area contributed by atoms with Gasteiger partial charge in [-0.15, -0.1) is 10.2 Å². The Morgan fingerprint density at radius 2 is 2.06 bits per heavy atom. The summed E-state index contributed by atoms with van der Waals surface area (Å²) in [5, 5.41) is 11.4. The Labute approximate surface area is 107 Å². The monoisotopic (exact) mass is 249 g/mol. The van der Waals surface area contributed by atoms with E-state index in [1.807, 2.05) is 13.0 Å². The van der Waals surface area contributed by atoms with Gasteiger partial charge in [-0.25, -0.2) is 0 Å². The third-order valence-electron chi connectivity index (χ3n) is 2.53. The molecule has 5 heteroatoms. The lowest BCUT2D eigenvalue weighted by atomic mass is 10.1. The lowest BCUT2D eigenvalue weighted by Gasteiger charge is -2.18. The minimum absolute atomic E-state index is 0.0266. The average Bonchev–Trinajstić information content (AvgIpc) is 2.93. The van der Waals surface area contributed by atoms with Crippen LogP contribution in [0.15, 0.2) is 21.2 Å². The quantitative estimate of drug-likeness (QED) is 0.902. The Morgan fingerprint density at radius 1 is 1.28 bits per heavy atom. The van der Waals surface area contributed by atoms with Crippen molar-refractivity contribution in [3.63, 3.8) is 0 Å². The number of aryl methyl sites for hydroxylation is 1. The molecule has 0 saturated heterocycles. The van der Waals surface area contributed by atoms with Crippen LogP contribution in [-0.4, -0.2) is 15.7 Å². The summed E-state index contributed by atoms with van der Waals surface area (Å²) in [5.74, 6) is 1.98. The van der Waals surface area contributed by atoms with Gasteiger partial charge in [0.25, 0.3) is 5.89 Å². The van der Waals surface area contributed by atoms with Crippen LogP contribution in [0.25, 0.3) is 11.5 Å². The molecule has 1 N–H and O–H groups in total. The highest BCUT2D eigenvalue weighted by Crippen LogP contribution is 2.24. The van der Waals surface area contributed by atoms with Crippen molar-refractivity contribution in [3.8, 4) is 11.5 Å². The largest absolute Gasteiger partial charge is 0.469 e. The Balaban J connectivity index is 2.11. The van der Waals surface area contributed by atoms with Crippen LogP contribution in [0.1, 0.15) is 39.3 Å². The fourth-order valence-corrected chi connectivity index (χ4v) is 1.58. The second kappa shape index (κ2) is 4.94. The molecule has 0 aliphatic heterocycles. The number of rotatable bonds is 4. The van der Waals surface area contributed by atoms with Gasteiger partial charge in [0.1, 0.15) is 5.76 Å². The van der Waals surface area contributed by atoms with E-state index >= 15 is 0 Å². The first-order valence-corrected chi connectivity index (χ1v) is 6.14. The van der Waals surface area contributed by atoms with Gasteiger partial charge in [0, 0.05) is 12.0 Å². The molecule has 2 aromatic heterocycles. The number of hydrogen-bond donors (Lipinski definition) is 1. The number of aromatic nitrogens is 2. The zero-order chi connectivity index (χ0) is 13.2. The minimum atomic E-state index is 0.0266. The van der Waals surface area contributed by atoms with Gasteiger partial charge in [0.05, 0.1) is 18.4 Å². The Bertz CT molecular complexity index is 508. The highest BCUT2D eigenvalue weighted by atomic mass is 16.4.